The number of aryl methyl sites for hydroxylation is 2. The predicted octanol–water partition coefficient (Wildman–Crippen LogP) is 1.49. The normalized spacial score (nSPS) is 13.1. The lowest BCUT2D eigenvalue weighted by Gasteiger charge is -2.13. The second kappa shape index (κ2) is 5.58. The fourth-order valence-electron chi connectivity index (χ4n) is 1.54. The average molecular weight is 288 g/mol. The third kappa shape index (κ3) is 3.45. The number of aliphatic carboxylic acids is 1. The van der Waals surface area contributed by atoms with Gasteiger partial charge in [0.1, 0.15) is 5.75 Å². The van der Waals surface area contributed by atoms with Gasteiger partial charge in [0, 0.05) is 0 Å². The maximum absolute atomic E-state index is 12.0. The Bertz CT molecular complexity index is 590. The molecular formula is C12H16O6S. The Hall–Kier alpha value is -1.60. The fraction of sp³-hybridized carbons (Fsp3) is 0.417. The van der Waals surface area contributed by atoms with Crippen molar-refractivity contribution >= 4 is 16.1 Å². The highest BCUT2D eigenvalue weighted by Crippen LogP contribution is 2.27. The van der Waals surface area contributed by atoms with E-state index in [-0.39, 0.29) is 4.90 Å². The molecule has 1 rings (SSSR count). The highest BCUT2D eigenvalue weighted by molar-refractivity contribution is 7.86. The first-order valence-electron chi connectivity index (χ1n) is 5.50. The zero-order valence-electron chi connectivity index (χ0n) is 11.1. The molecule has 0 radical (unpaired) electrons. The maximum Gasteiger partial charge on any atom is 0.334 e. The molecule has 0 aliphatic heterocycles. The minimum absolute atomic E-state index is 0.0566. The van der Waals surface area contributed by atoms with Gasteiger partial charge in [-0.1, -0.05) is 0 Å². The van der Waals surface area contributed by atoms with E-state index in [4.69, 9.17) is 9.84 Å². The number of carboxylic acids is 1. The van der Waals surface area contributed by atoms with E-state index < -0.39 is 22.2 Å². The van der Waals surface area contributed by atoms with Crippen molar-refractivity contribution in [3.8, 4) is 5.75 Å². The van der Waals surface area contributed by atoms with Crippen molar-refractivity contribution in [2.45, 2.75) is 31.8 Å². The van der Waals surface area contributed by atoms with E-state index in [1.807, 2.05) is 0 Å². The van der Waals surface area contributed by atoms with Gasteiger partial charge >= 0.3 is 5.97 Å². The van der Waals surface area contributed by atoms with E-state index >= 15 is 0 Å². The zero-order valence-corrected chi connectivity index (χ0v) is 11.9. The van der Waals surface area contributed by atoms with E-state index in [1.165, 1.54) is 13.2 Å². The molecule has 0 fully saturated rings. The molecule has 0 spiro atoms. The summed E-state index contributed by atoms with van der Waals surface area (Å²) >= 11 is 0. The van der Waals surface area contributed by atoms with E-state index in [2.05, 4.69) is 4.18 Å². The number of hydrogen-bond donors (Lipinski definition) is 1. The van der Waals surface area contributed by atoms with Gasteiger partial charge in [-0.25, -0.2) is 4.79 Å². The van der Waals surface area contributed by atoms with Crippen LogP contribution in [0.4, 0.5) is 0 Å². The molecule has 1 aromatic rings. The Balaban J connectivity index is 3.22. The molecule has 1 aromatic carbocycles. The lowest BCUT2D eigenvalue weighted by atomic mass is 10.1. The van der Waals surface area contributed by atoms with Crippen LogP contribution >= 0.6 is 0 Å². The first-order valence-corrected chi connectivity index (χ1v) is 6.91. The van der Waals surface area contributed by atoms with Crippen LogP contribution in [0.5, 0.6) is 5.75 Å². The van der Waals surface area contributed by atoms with Crippen LogP contribution in [0.15, 0.2) is 17.0 Å². The molecule has 0 bridgehead atoms. The number of ether oxygens (including phenoxy) is 1. The molecule has 19 heavy (non-hydrogen) atoms. The van der Waals surface area contributed by atoms with Crippen molar-refractivity contribution < 1.29 is 27.2 Å². The topological polar surface area (TPSA) is 89.9 Å². The van der Waals surface area contributed by atoms with E-state index in [1.54, 1.807) is 19.9 Å². The first kappa shape index (κ1) is 15.5. The Kier molecular flexibility index (Phi) is 4.54. The van der Waals surface area contributed by atoms with Gasteiger partial charge in [-0.15, -0.1) is 0 Å². The monoisotopic (exact) mass is 288 g/mol. The van der Waals surface area contributed by atoms with Crippen LogP contribution in [-0.2, 0) is 19.1 Å². The summed E-state index contributed by atoms with van der Waals surface area (Å²) in [4.78, 5) is 10.6. The zero-order chi connectivity index (χ0) is 14.8. The Labute approximate surface area is 112 Å². The van der Waals surface area contributed by atoms with Gasteiger partial charge in [0.05, 0.1) is 12.0 Å². The van der Waals surface area contributed by atoms with Gasteiger partial charge in [0.2, 0.25) is 0 Å². The van der Waals surface area contributed by atoms with Crippen molar-refractivity contribution in [3.05, 3.63) is 23.3 Å². The standard InChI is InChI=1S/C12H16O6S/c1-7-6-11(8(2)5-10(7)17-4)19(15,16)18-9(3)12(13)14/h5-6,9H,1-4H3,(H,13,14). The van der Waals surface area contributed by atoms with Gasteiger partial charge in [-0.2, -0.15) is 8.42 Å². The molecule has 1 N–H and O–H groups in total. The molecule has 0 saturated heterocycles. The molecule has 0 amide bonds. The van der Waals surface area contributed by atoms with Gasteiger partial charge in [0.15, 0.2) is 6.10 Å². The number of rotatable bonds is 5. The maximum atomic E-state index is 12.0. The van der Waals surface area contributed by atoms with Crippen molar-refractivity contribution in [1.29, 1.82) is 0 Å². The molecule has 0 aliphatic carbocycles. The van der Waals surface area contributed by atoms with Crippen LogP contribution in [0.1, 0.15) is 18.1 Å². The van der Waals surface area contributed by atoms with Crippen LogP contribution in [0, 0.1) is 13.8 Å². The Morgan fingerprint density at radius 3 is 2.32 bits per heavy atom. The second-order valence-corrected chi connectivity index (χ2v) is 5.66. The SMILES string of the molecule is COc1cc(C)c(S(=O)(=O)OC(C)C(=O)O)cc1C. The molecule has 0 saturated carbocycles. The van der Waals surface area contributed by atoms with Crippen molar-refractivity contribution in [3.63, 3.8) is 0 Å². The molecule has 7 heteroatoms. The lowest BCUT2D eigenvalue weighted by molar-refractivity contribution is -0.144. The first-order chi connectivity index (χ1) is 8.69. The third-order valence-electron chi connectivity index (χ3n) is 2.58. The average Bonchev–Trinajstić information content (AvgIpc) is 2.30. The molecule has 106 valence electrons. The van der Waals surface area contributed by atoms with Crippen LogP contribution in [0.2, 0.25) is 0 Å². The van der Waals surface area contributed by atoms with E-state index in [9.17, 15) is 13.2 Å². The third-order valence-corrected chi connectivity index (χ3v) is 4.10. The largest absolute Gasteiger partial charge is 0.496 e. The number of hydrogen-bond acceptors (Lipinski definition) is 5. The summed E-state index contributed by atoms with van der Waals surface area (Å²) in [5.74, 6) is -0.783. The van der Waals surface area contributed by atoms with E-state index in [0.29, 0.717) is 16.9 Å². The molecule has 1 atom stereocenters. The van der Waals surface area contributed by atoms with Gasteiger partial charge in [-0.05, 0) is 44.0 Å². The number of benzene rings is 1. The summed E-state index contributed by atoms with van der Waals surface area (Å²) in [5, 5.41) is 8.69. The summed E-state index contributed by atoms with van der Waals surface area (Å²) in [7, 11) is -2.63. The summed E-state index contributed by atoms with van der Waals surface area (Å²) in [5.41, 5.74) is 1.05. The van der Waals surface area contributed by atoms with Gasteiger partial charge < -0.3 is 9.84 Å². The number of methoxy groups -OCH3 is 1. The molecule has 0 aromatic heterocycles. The smallest absolute Gasteiger partial charge is 0.334 e. The van der Waals surface area contributed by atoms with Crippen molar-refractivity contribution in [2.75, 3.05) is 7.11 Å². The van der Waals surface area contributed by atoms with Gasteiger partial charge in [0.25, 0.3) is 10.1 Å². The molecular weight excluding hydrogens is 272 g/mol. The number of carbonyl (C=O) groups is 1. The van der Waals surface area contributed by atoms with Crippen molar-refractivity contribution in [1.82, 2.24) is 0 Å². The van der Waals surface area contributed by atoms with Crippen LogP contribution in [0.3, 0.4) is 0 Å². The lowest BCUT2D eigenvalue weighted by Crippen LogP contribution is -2.24. The summed E-state index contributed by atoms with van der Waals surface area (Å²) < 4.78 is 33.7. The van der Waals surface area contributed by atoms with Crippen molar-refractivity contribution in [2.24, 2.45) is 0 Å². The van der Waals surface area contributed by atoms with Gasteiger partial charge in [-0.3, -0.25) is 4.18 Å². The Morgan fingerprint density at radius 2 is 1.84 bits per heavy atom. The Morgan fingerprint density at radius 1 is 1.26 bits per heavy atom. The summed E-state index contributed by atoms with van der Waals surface area (Å²) in [6.07, 6.45) is -1.44. The summed E-state index contributed by atoms with van der Waals surface area (Å²) in [6, 6.07) is 2.97. The molecule has 6 nitrogen and oxygen atoms in total. The molecule has 1 unspecified atom stereocenters. The quantitative estimate of drug-likeness (QED) is 0.826. The fourth-order valence-corrected chi connectivity index (χ4v) is 2.88. The highest BCUT2D eigenvalue weighted by Gasteiger charge is 2.25. The van der Waals surface area contributed by atoms with Crippen LogP contribution in [-0.4, -0.2) is 32.7 Å². The predicted molar refractivity (Wildman–Crippen MR) is 67.8 cm³/mol. The second-order valence-electron chi connectivity index (χ2n) is 4.12. The minimum atomic E-state index is -4.12. The molecule has 0 heterocycles. The van der Waals surface area contributed by atoms with Crippen LogP contribution < -0.4 is 4.74 Å². The van der Waals surface area contributed by atoms with Crippen LogP contribution in [0.25, 0.3) is 0 Å². The van der Waals surface area contributed by atoms with E-state index in [0.717, 1.165) is 6.92 Å². The minimum Gasteiger partial charge on any atom is -0.496 e. The summed E-state index contributed by atoms with van der Waals surface area (Å²) in [6.45, 7) is 4.44. The number of carboxylic acid groups (broad SMARTS) is 1. The molecule has 0 aliphatic rings. The highest BCUT2D eigenvalue weighted by atomic mass is 32.2.